The lowest BCUT2D eigenvalue weighted by atomic mass is 9.98. The number of rotatable bonds is 5. The normalized spacial score (nSPS) is 17.5. The minimum atomic E-state index is -0.669. The highest BCUT2D eigenvalue weighted by Crippen LogP contribution is 2.32. The molecule has 1 atom stereocenters. The first kappa shape index (κ1) is 18.9. The summed E-state index contributed by atoms with van der Waals surface area (Å²) in [5.41, 5.74) is 2.32. The molecule has 0 saturated carbocycles. The number of likely N-dealkylation sites (tertiary alicyclic amines) is 1. The number of aryl methyl sites for hydroxylation is 1. The number of hydrogen-bond donors (Lipinski definition) is 1. The third-order valence-corrected chi connectivity index (χ3v) is 5.39. The lowest BCUT2D eigenvalue weighted by Crippen LogP contribution is -2.28. The van der Waals surface area contributed by atoms with Crippen LogP contribution in [0.3, 0.4) is 0 Å². The lowest BCUT2D eigenvalue weighted by molar-refractivity contribution is 0.0713. The quantitative estimate of drug-likeness (QED) is 0.829. The van der Waals surface area contributed by atoms with Gasteiger partial charge in [0, 0.05) is 29.6 Å². The highest BCUT2D eigenvalue weighted by Gasteiger charge is 2.29. The summed E-state index contributed by atoms with van der Waals surface area (Å²) < 4.78 is 0. The summed E-state index contributed by atoms with van der Waals surface area (Å²) in [6.45, 7) is 5.10. The highest BCUT2D eigenvalue weighted by atomic mass is 35.5. The van der Waals surface area contributed by atoms with Gasteiger partial charge in [-0.3, -0.25) is 4.79 Å². The summed E-state index contributed by atoms with van der Waals surface area (Å²) in [6.07, 6.45) is 2.45. The maximum absolute atomic E-state index is 12.8. The van der Waals surface area contributed by atoms with E-state index >= 15 is 0 Å². The van der Waals surface area contributed by atoms with Gasteiger partial charge in [0.25, 0.3) is 5.91 Å². The van der Waals surface area contributed by atoms with Crippen LogP contribution in [0, 0.1) is 0 Å². The van der Waals surface area contributed by atoms with Crippen LogP contribution in [-0.2, 0) is 6.42 Å². The zero-order valence-corrected chi connectivity index (χ0v) is 16.2. The van der Waals surface area contributed by atoms with Crippen LogP contribution in [0.2, 0.25) is 5.02 Å². The molecule has 138 valence electrons. The maximum atomic E-state index is 12.8. The van der Waals surface area contributed by atoms with Gasteiger partial charge < -0.3 is 10.0 Å². The molecule has 3 rings (SSSR count). The Morgan fingerprint density at radius 1 is 1.19 bits per heavy atom. The molecule has 1 heterocycles. The Bertz CT molecular complexity index is 764. The first-order valence-corrected chi connectivity index (χ1v) is 9.56. The van der Waals surface area contributed by atoms with Gasteiger partial charge in [-0.1, -0.05) is 41.9 Å². The summed E-state index contributed by atoms with van der Waals surface area (Å²) in [5, 5.41) is 10.6. The van der Waals surface area contributed by atoms with Crippen molar-refractivity contribution < 1.29 is 9.90 Å². The van der Waals surface area contributed by atoms with Crippen LogP contribution in [0.1, 0.15) is 54.1 Å². The zero-order valence-electron chi connectivity index (χ0n) is 15.4. The Kier molecular flexibility index (Phi) is 5.69. The molecule has 0 aliphatic carbocycles. The van der Waals surface area contributed by atoms with Crippen molar-refractivity contribution >= 4 is 17.5 Å². The van der Waals surface area contributed by atoms with E-state index in [1.54, 1.807) is 0 Å². The number of carbonyl (C=O) groups excluding carboxylic acids is 1. The van der Waals surface area contributed by atoms with Gasteiger partial charge in [-0.2, -0.15) is 0 Å². The van der Waals surface area contributed by atoms with E-state index in [1.165, 1.54) is 0 Å². The van der Waals surface area contributed by atoms with E-state index in [1.807, 2.05) is 61.2 Å². The van der Waals surface area contributed by atoms with Gasteiger partial charge in [-0.25, -0.2) is 0 Å². The second kappa shape index (κ2) is 7.81. The van der Waals surface area contributed by atoms with Crippen LogP contribution < -0.4 is 0 Å². The second-order valence-electron chi connectivity index (χ2n) is 7.77. The second-order valence-corrected chi connectivity index (χ2v) is 8.17. The van der Waals surface area contributed by atoms with Crippen LogP contribution in [0.15, 0.2) is 48.5 Å². The fraction of sp³-hybridized carbons (Fsp3) is 0.409. The molecule has 1 fully saturated rings. The van der Waals surface area contributed by atoms with Gasteiger partial charge in [0.2, 0.25) is 0 Å². The molecule has 1 aliphatic rings. The molecular weight excluding hydrogens is 346 g/mol. The summed E-state index contributed by atoms with van der Waals surface area (Å²) in [5.74, 6) is 0.382. The highest BCUT2D eigenvalue weighted by molar-refractivity contribution is 6.31. The van der Waals surface area contributed by atoms with E-state index in [9.17, 15) is 9.90 Å². The van der Waals surface area contributed by atoms with Crippen molar-refractivity contribution in [2.24, 2.45) is 0 Å². The Morgan fingerprint density at radius 3 is 2.54 bits per heavy atom. The predicted octanol–water partition coefficient (Wildman–Crippen LogP) is 4.67. The van der Waals surface area contributed by atoms with E-state index in [4.69, 9.17) is 11.6 Å². The minimum Gasteiger partial charge on any atom is -0.390 e. The van der Waals surface area contributed by atoms with Crippen molar-refractivity contribution in [3.05, 3.63) is 70.2 Å². The topological polar surface area (TPSA) is 40.5 Å². The molecule has 2 aromatic rings. The molecular formula is C22H26ClNO2. The number of carbonyl (C=O) groups is 1. The molecule has 1 unspecified atom stereocenters. The zero-order chi connectivity index (χ0) is 18.7. The summed E-state index contributed by atoms with van der Waals surface area (Å²) in [4.78, 5) is 14.7. The van der Waals surface area contributed by atoms with Gasteiger partial charge >= 0.3 is 0 Å². The molecule has 3 nitrogen and oxygen atoms in total. The molecule has 0 bridgehead atoms. The number of amides is 1. The molecule has 0 spiro atoms. The van der Waals surface area contributed by atoms with Gasteiger partial charge in [0.15, 0.2) is 0 Å². The third kappa shape index (κ3) is 4.66. The molecule has 1 saturated heterocycles. The van der Waals surface area contributed by atoms with Gasteiger partial charge in [-0.15, -0.1) is 0 Å². The smallest absolute Gasteiger partial charge is 0.253 e. The average molecular weight is 372 g/mol. The first-order chi connectivity index (χ1) is 12.3. The van der Waals surface area contributed by atoms with Crippen molar-refractivity contribution in [1.29, 1.82) is 0 Å². The number of benzene rings is 2. The van der Waals surface area contributed by atoms with Crippen LogP contribution in [-0.4, -0.2) is 34.6 Å². The van der Waals surface area contributed by atoms with E-state index in [0.717, 1.165) is 41.1 Å². The Morgan fingerprint density at radius 2 is 1.88 bits per heavy atom. The molecule has 0 radical (unpaired) electrons. The monoisotopic (exact) mass is 371 g/mol. The van der Waals surface area contributed by atoms with Crippen LogP contribution in [0.4, 0.5) is 0 Å². The molecule has 4 heteroatoms. The number of hydrogen-bond acceptors (Lipinski definition) is 2. The fourth-order valence-corrected chi connectivity index (χ4v) is 3.74. The van der Waals surface area contributed by atoms with Crippen molar-refractivity contribution in [2.45, 2.75) is 44.6 Å². The number of halogens is 1. The summed E-state index contributed by atoms with van der Waals surface area (Å²) >= 11 is 6.31. The lowest BCUT2D eigenvalue weighted by Gasteiger charge is -2.18. The average Bonchev–Trinajstić information content (AvgIpc) is 3.09. The van der Waals surface area contributed by atoms with E-state index in [2.05, 4.69) is 6.07 Å². The van der Waals surface area contributed by atoms with Crippen molar-refractivity contribution in [1.82, 2.24) is 4.90 Å². The molecule has 2 aromatic carbocycles. The van der Waals surface area contributed by atoms with E-state index < -0.39 is 5.60 Å². The van der Waals surface area contributed by atoms with Crippen molar-refractivity contribution in [2.75, 3.05) is 13.1 Å². The van der Waals surface area contributed by atoms with Gasteiger partial charge in [-0.05, 0) is 62.4 Å². The first-order valence-electron chi connectivity index (χ1n) is 9.18. The number of nitrogens with zero attached hydrogens (tertiary/aromatic N) is 1. The van der Waals surface area contributed by atoms with Crippen molar-refractivity contribution in [3.63, 3.8) is 0 Å². The van der Waals surface area contributed by atoms with Crippen LogP contribution in [0.25, 0.3) is 0 Å². The van der Waals surface area contributed by atoms with Crippen LogP contribution >= 0.6 is 11.6 Å². The largest absolute Gasteiger partial charge is 0.390 e. The Balaban J connectivity index is 1.62. The summed E-state index contributed by atoms with van der Waals surface area (Å²) in [6, 6.07) is 15.7. The summed E-state index contributed by atoms with van der Waals surface area (Å²) in [7, 11) is 0. The Labute approximate surface area is 160 Å². The fourth-order valence-electron chi connectivity index (χ4n) is 3.45. The third-order valence-electron chi connectivity index (χ3n) is 5.05. The molecule has 1 amide bonds. The molecule has 26 heavy (non-hydrogen) atoms. The molecule has 1 aliphatic heterocycles. The van der Waals surface area contributed by atoms with Crippen LogP contribution in [0.5, 0.6) is 0 Å². The molecule has 1 N–H and O–H groups in total. The number of aliphatic hydroxyl groups is 1. The minimum absolute atomic E-state index is 0.0774. The molecule has 0 aromatic heterocycles. The van der Waals surface area contributed by atoms with Crippen molar-refractivity contribution in [3.8, 4) is 0 Å². The van der Waals surface area contributed by atoms with Gasteiger partial charge in [0.05, 0.1) is 5.60 Å². The SMILES string of the molecule is CC(C)(O)CCc1ccc(C(=O)N2CCC(c3ccccc3Cl)C2)cc1. The Hall–Kier alpha value is -1.84. The maximum Gasteiger partial charge on any atom is 0.253 e. The van der Waals surface area contributed by atoms with E-state index in [0.29, 0.717) is 18.9 Å². The van der Waals surface area contributed by atoms with Gasteiger partial charge in [0.1, 0.15) is 0 Å². The van der Waals surface area contributed by atoms with E-state index in [-0.39, 0.29) is 5.91 Å². The standard InChI is InChI=1S/C22H26ClNO2/c1-22(2,26)13-11-16-7-9-17(10-8-16)21(25)24-14-12-18(15-24)19-5-3-4-6-20(19)23/h3-10,18,26H,11-15H2,1-2H3. The predicted molar refractivity (Wildman–Crippen MR) is 106 cm³/mol.